The lowest BCUT2D eigenvalue weighted by atomic mass is 9.91. The van der Waals surface area contributed by atoms with Gasteiger partial charge in [0.15, 0.2) is 17.3 Å². The number of halogens is 3. The van der Waals surface area contributed by atoms with Crippen molar-refractivity contribution in [2.24, 2.45) is 0 Å². The molecule has 1 fully saturated rings. The number of hydrogen-bond acceptors (Lipinski definition) is 8. The van der Waals surface area contributed by atoms with Gasteiger partial charge in [-0.25, -0.2) is 22.8 Å². The van der Waals surface area contributed by atoms with E-state index in [-0.39, 0.29) is 40.6 Å². The molecule has 4 heterocycles. The van der Waals surface area contributed by atoms with Crippen molar-refractivity contribution in [1.29, 1.82) is 0 Å². The van der Waals surface area contributed by atoms with Gasteiger partial charge in [0.05, 0.1) is 35.5 Å². The number of carbonyl (C=O) groups is 3. The van der Waals surface area contributed by atoms with Gasteiger partial charge in [-0.3, -0.25) is 14.4 Å². The first kappa shape index (κ1) is 32.2. The third-order valence-corrected chi connectivity index (χ3v) is 8.37. The molecule has 0 saturated carbocycles. The largest absolute Gasteiger partial charge is 0.487 e. The number of aromatic amines is 2. The topological polar surface area (TPSA) is 170 Å². The third kappa shape index (κ3) is 6.04. The molecule has 1 aliphatic heterocycles. The number of Topliss-reactive ketones (excluding diaryl/α,β-unsaturated/α-hetero) is 1. The Morgan fingerprint density at radius 1 is 1.06 bits per heavy atom. The molecule has 2 unspecified atom stereocenters. The van der Waals surface area contributed by atoms with Gasteiger partial charge in [-0.1, -0.05) is 12.1 Å². The summed E-state index contributed by atoms with van der Waals surface area (Å²) in [6, 6.07) is 14.5. The number of ether oxygens (including phenoxy) is 2. The second kappa shape index (κ2) is 12.9. The van der Waals surface area contributed by atoms with Crippen molar-refractivity contribution in [3.8, 4) is 22.9 Å². The Bertz CT molecular complexity index is 2260. The normalized spacial score (nSPS) is 15.9. The van der Waals surface area contributed by atoms with Crippen LogP contribution < -0.4 is 20.5 Å². The van der Waals surface area contributed by atoms with Crippen molar-refractivity contribution in [2.45, 2.75) is 31.7 Å². The van der Waals surface area contributed by atoms with Gasteiger partial charge in [-0.05, 0) is 61.0 Å². The predicted octanol–water partition coefficient (Wildman–Crippen LogP) is 5.17. The van der Waals surface area contributed by atoms with E-state index < -0.39 is 48.3 Å². The number of nitrogens with two attached hydrogens (primary N) is 1. The quantitative estimate of drug-likeness (QED) is 0.107. The highest BCUT2D eigenvalue weighted by molar-refractivity contribution is 6.16. The lowest BCUT2D eigenvalue weighted by Crippen LogP contribution is -2.31. The predicted molar refractivity (Wildman–Crippen MR) is 174 cm³/mol. The Labute approximate surface area is 281 Å². The van der Waals surface area contributed by atoms with Crippen molar-refractivity contribution in [1.82, 2.24) is 30.0 Å². The summed E-state index contributed by atoms with van der Waals surface area (Å²) in [5, 5.41) is 7.40. The molecule has 1 amide bonds. The van der Waals surface area contributed by atoms with E-state index in [1.165, 1.54) is 53.7 Å². The molecule has 0 radical (unpaired) electrons. The molecule has 6 aromatic rings. The number of para-hydroxylation sites is 1. The number of alkyl halides is 2. The lowest BCUT2D eigenvalue weighted by Gasteiger charge is -2.15. The molecule has 5 N–H and O–H groups in total. The summed E-state index contributed by atoms with van der Waals surface area (Å²) < 4.78 is 52.9. The molecule has 0 aliphatic carbocycles. The SMILES string of the molecule is Cc1cc(Oc2ccccc2F)ccc1-n1ncc(C(=O)c2cc3cc(OCC(F)F)c(C4C(=O)NC(Cc5cnc[nH]5)C4=O)cc3[nH]2)c1N. The molecule has 0 bridgehead atoms. The van der Waals surface area contributed by atoms with Gasteiger partial charge in [0.2, 0.25) is 11.7 Å². The highest BCUT2D eigenvalue weighted by Crippen LogP contribution is 2.37. The van der Waals surface area contributed by atoms with Gasteiger partial charge in [-0.15, -0.1) is 0 Å². The average Bonchev–Trinajstić information content (AvgIpc) is 3.88. The first-order valence-electron chi connectivity index (χ1n) is 15.4. The van der Waals surface area contributed by atoms with Crippen LogP contribution in [0.15, 0.2) is 79.4 Å². The van der Waals surface area contributed by atoms with Crippen LogP contribution in [0.4, 0.5) is 19.0 Å². The number of nitrogens with one attached hydrogen (secondary N) is 3. The van der Waals surface area contributed by atoms with Crippen molar-refractivity contribution >= 4 is 34.2 Å². The van der Waals surface area contributed by atoms with E-state index >= 15 is 0 Å². The van der Waals surface area contributed by atoms with Gasteiger partial charge in [0.25, 0.3) is 6.43 Å². The third-order valence-electron chi connectivity index (χ3n) is 8.37. The Morgan fingerprint density at radius 2 is 1.88 bits per heavy atom. The summed E-state index contributed by atoms with van der Waals surface area (Å²) in [5.74, 6) is -3.02. The van der Waals surface area contributed by atoms with Crippen molar-refractivity contribution < 1.29 is 37.0 Å². The molecule has 1 saturated heterocycles. The molecule has 2 atom stereocenters. The van der Waals surface area contributed by atoms with Crippen LogP contribution in [-0.2, 0) is 16.0 Å². The molecule has 12 nitrogen and oxygen atoms in total. The number of amides is 1. The maximum absolute atomic E-state index is 14.1. The average molecular weight is 684 g/mol. The van der Waals surface area contributed by atoms with Crippen molar-refractivity contribution in [3.63, 3.8) is 0 Å². The zero-order chi connectivity index (χ0) is 35.1. The number of imidazole rings is 1. The fourth-order valence-corrected chi connectivity index (χ4v) is 5.97. The molecule has 1 aliphatic rings. The van der Waals surface area contributed by atoms with Crippen LogP contribution in [0.2, 0.25) is 0 Å². The van der Waals surface area contributed by atoms with Gasteiger partial charge in [0.1, 0.15) is 29.8 Å². The summed E-state index contributed by atoms with van der Waals surface area (Å²) >= 11 is 0. The van der Waals surface area contributed by atoms with Crippen LogP contribution in [-0.4, -0.2) is 61.3 Å². The molecule has 15 heteroatoms. The number of nitrogen functional groups attached to an aromatic ring is 1. The number of carbonyl (C=O) groups excluding carboxylic acids is 3. The molecule has 50 heavy (non-hydrogen) atoms. The highest BCUT2D eigenvalue weighted by atomic mass is 19.3. The van der Waals surface area contributed by atoms with E-state index in [2.05, 4.69) is 25.4 Å². The Morgan fingerprint density at radius 3 is 2.62 bits per heavy atom. The van der Waals surface area contributed by atoms with Crippen LogP contribution in [0.3, 0.4) is 0 Å². The number of hydrogen-bond donors (Lipinski definition) is 4. The van der Waals surface area contributed by atoms with E-state index in [1.807, 2.05) is 0 Å². The minimum absolute atomic E-state index is 0.0395. The number of H-pyrrole nitrogens is 2. The molecule has 254 valence electrons. The first-order valence-corrected chi connectivity index (χ1v) is 15.4. The molecule has 7 rings (SSSR count). The molecule has 3 aromatic heterocycles. The Hall–Kier alpha value is -6.38. The molecular weight excluding hydrogens is 655 g/mol. The zero-order valence-corrected chi connectivity index (χ0v) is 26.2. The van der Waals surface area contributed by atoms with E-state index in [1.54, 1.807) is 37.3 Å². The highest BCUT2D eigenvalue weighted by Gasteiger charge is 2.43. The first-order chi connectivity index (χ1) is 24.1. The summed E-state index contributed by atoms with van der Waals surface area (Å²) in [7, 11) is 0. The number of ketones is 2. The van der Waals surface area contributed by atoms with Gasteiger partial charge in [0, 0.05) is 34.8 Å². The number of aromatic nitrogens is 5. The van der Waals surface area contributed by atoms with Crippen molar-refractivity contribution in [2.75, 3.05) is 12.3 Å². The number of nitrogens with zero attached hydrogens (tertiary/aromatic N) is 3. The van der Waals surface area contributed by atoms with Crippen LogP contribution in [0, 0.1) is 12.7 Å². The minimum Gasteiger partial charge on any atom is -0.487 e. The van der Waals surface area contributed by atoms with E-state index in [0.29, 0.717) is 33.6 Å². The van der Waals surface area contributed by atoms with E-state index in [0.717, 1.165) is 0 Å². The molecular formula is C35H28F3N7O5. The van der Waals surface area contributed by atoms with E-state index in [9.17, 15) is 27.6 Å². The summed E-state index contributed by atoms with van der Waals surface area (Å²) in [6.07, 6.45) is 1.65. The lowest BCUT2D eigenvalue weighted by molar-refractivity contribution is -0.124. The van der Waals surface area contributed by atoms with Gasteiger partial charge >= 0.3 is 0 Å². The fourth-order valence-electron chi connectivity index (χ4n) is 5.97. The number of fused-ring (bicyclic) bond motifs is 1. The van der Waals surface area contributed by atoms with Gasteiger partial charge < -0.3 is 30.5 Å². The molecule has 0 spiro atoms. The summed E-state index contributed by atoms with van der Waals surface area (Å²) in [6.45, 7) is 0.810. The number of aryl methyl sites for hydroxylation is 1. The zero-order valence-electron chi connectivity index (χ0n) is 26.2. The van der Waals surface area contributed by atoms with Gasteiger partial charge in [-0.2, -0.15) is 5.10 Å². The number of anilines is 1. The monoisotopic (exact) mass is 683 g/mol. The molecule has 3 aromatic carbocycles. The van der Waals surface area contributed by atoms with Crippen LogP contribution in [0.25, 0.3) is 16.6 Å². The summed E-state index contributed by atoms with van der Waals surface area (Å²) in [4.78, 5) is 50.0. The van der Waals surface area contributed by atoms with Crippen LogP contribution >= 0.6 is 0 Å². The maximum atomic E-state index is 14.1. The second-order valence-electron chi connectivity index (χ2n) is 11.7. The fraction of sp³-hybridized carbons (Fsp3) is 0.171. The number of benzene rings is 3. The van der Waals surface area contributed by atoms with Crippen molar-refractivity contribution in [3.05, 3.63) is 113 Å². The van der Waals surface area contributed by atoms with Crippen LogP contribution in [0.5, 0.6) is 17.2 Å². The van der Waals surface area contributed by atoms with E-state index in [4.69, 9.17) is 15.2 Å². The summed E-state index contributed by atoms with van der Waals surface area (Å²) in [5.41, 5.74) is 8.88. The number of rotatable bonds is 11. The standard InChI is InChI=1S/C35H28F3N7O5/c1-17-8-20(50-28-5-3-2-4-23(28)36)6-7-27(17)45-34(39)22(14-42-45)32(46)25-9-18-10-29(49-15-30(37)38)21(12-24(18)43-25)31-33(47)26(44-35(31)48)11-19-13-40-16-41-19/h2-10,12-14,16,26,30-31,43H,11,15,39H2,1H3,(H,40,41)(H,44,48). The second-order valence-corrected chi connectivity index (χ2v) is 11.7. The van der Waals surface area contributed by atoms with Crippen LogP contribution in [0.1, 0.15) is 38.8 Å². The minimum atomic E-state index is -2.82. The Kier molecular flexibility index (Phi) is 8.31. The smallest absolute Gasteiger partial charge is 0.272 e. The maximum Gasteiger partial charge on any atom is 0.272 e. The Balaban J connectivity index is 1.17.